The molecule has 1 fully saturated rings. The molecule has 0 radical (unpaired) electrons. The maximum Gasteiger partial charge on any atom is 0.236 e. The summed E-state index contributed by atoms with van der Waals surface area (Å²) >= 11 is 0. The number of amides is 2. The molecule has 2 amide bonds. The summed E-state index contributed by atoms with van der Waals surface area (Å²) in [6, 6.07) is 9.76. The number of hydrogen-bond donors (Lipinski definition) is 2. The van der Waals surface area contributed by atoms with E-state index in [2.05, 4.69) is 22.3 Å². The van der Waals surface area contributed by atoms with Crippen molar-refractivity contribution in [2.75, 3.05) is 37.6 Å². The van der Waals surface area contributed by atoms with Crippen molar-refractivity contribution in [1.82, 2.24) is 10.2 Å². The third-order valence-corrected chi connectivity index (χ3v) is 4.33. The second kappa shape index (κ2) is 10.9. The van der Waals surface area contributed by atoms with Crippen molar-refractivity contribution in [2.45, 2.75) is 32.2 Å². The lowest BCUT2D eigenvalue weighted by atomic mass is 10.1. The third kappa shape index (κ3) is 6.55. The maximum atomic E-state index is 12.2. The normalized spacial score (nSPS) is 15.3. The Kier molecular flexibility index (Phi) is 9.31. The van der Waals surface area contributed by atoms with E-state index >= 15 is 0 Å². The van der Waals surface area contributed by atoms with Gasteiger partial charge in [0.1, 0.15) is 0 Å². The highest BCUT2D eigenvalue weighted by Gasteiger charge is 2.21. The molecule has 0 aliphatic carbocycles. The van der Waals surface area contributed by atoms with Crippen LogP contribution < -0.4 is 16.0 Å². The molecule has 1 atom stereocenters. The predicted octanol–water partition coefficient (Wildman–Crippen LogP) is 1.39. The lowest BCUT2D eigenvalue weighted by molar-refractivity contribution is -0.131. The second-order valence-electron chi connectivity index (χ2n) is 6.14. The summed E-state index contributed by atoms with van der Waals surface area (Å²) in [7, 11) is 0. The lowest BCUT2D eigenvalue weighted by Crippen LogP contribution is -2.49. The zero-order valence-electron chi connectivity index (χ0n) is 14.8. The summed E-state index contributed by atoms with van der Waals surface area (Å²) in [6.45, 7) is 5.46. The largest absolute Gasteiger partial charge is 0.368 e. The summed E-state index contributed by atoms with van der Waals surface area (Å²) in [5, 5.41) is 2.75. The number of carbonyl (C=O) groups excluding carboxylic acids is 2. The van der Waals surface area contributed by atoms with E-state index in [1.165, 1.54) is 5.69 Å². The monoisotopic (exact) mass is 368 g/mol. The van der Waals surface area contributed by atoms with Gasteiger partial charge >= 0.3 is 0 Å². The van der Waals surface area contributed by atoms with Crippen molar-refractivity contribution in [3.05, 3.63) is 30.3 Å². The summed E-state index contributed by atoms with van der Waals surface area (Å²) in [5.41, 5.74) is 6.94. The third-order valence-electron chi connectivity index (χ3n) is 4.33. The van der Waals surface area contributed by atoms with Crippen molar-refractivity contribution < 1.29 is 9.59 Å². The Morgan fingerprint density at radius 2 is 1.80 bits per heavy atom. The number of halogens is 1. The van der Waals surface area contributed by atoms with Crippen molar-refractivity contribution in [3.63, 3.8) is 0 Å². The van der Waals surface area contributed by atoms with E-state index in [9.17, 15) is 9.59 Å². The van der Waals surface area contributed by atoms with Crippen LogP contribution in [0.4, 0.5) is 5.69 Å². The van der Waals surface area contributed by atoms with Crippen LogP contribution in [0.15, 0.2) is 30.3 Å². The molecular formula is C18H29ClN4O2. The van der Waals surface area contributed by atoms with Gasteiger partial charge in [-0.2, -0.15) is 0 Å². The number of hydrogen-bond acceptors (Lipinski definition) is 4. The molecule has 140 valence electrons. The van der Waals surface area contributed by atoms with Gasteiger partial charge in [-0.15, -0.1) is 12.4 Å². The van der Waals surface area contributed by atoms with E-state index < -0.39 is 6.04 Å². The summed E-state index contributed by atoms with van der Waals surface area (Å²) in [6.07, 6.45) is 1.87. The van der Waals surface area contributed by atoms with Gasteiger partial charge in [-0.1, -0.05) is 31.5 Å². The van der Waals surface area contributed by atoms with Crippen molar-refractivity contribution in [2.24, 2.45) is 5.73 Å². The van der Waals surface area contributed by atoms with Crippen LogP contribution >= 0.6 is 12.4 Å². The molecule has 0 saturated carbocycles. The molecule has 0 bridgehead atoms. The number of piperazine rings is 1. The summed E-state index contributed by atoms with van der Waals surface area (Å²) in [5.74, 6) is -0.0781. The number of carbonyl (C=O) groups is 2. The number of rotatable bonds is 7. The van der Waals surface area contributed by atoms with E-state index in [1.807, 2.05) is 30.0 Å². The lowest BCUT2D eigenvalue weighted by Gasteiger charge is -2.36. The summed E-state index contributed by atoms with van der Waals surface area (Å²) < 4.78 is 0. The van der Waals surface area contributed by atoms with E-state index in [0.717, 1.165) is 32.6 Å². The highest BCUT2D eigenvalue weighted by atomic mass is 35.5. The van der Waals surface area contributed by atoms with Crippen molar-refractivity contribution >= 4 is 29.9 Å². The minimum absolute atomic E-state index is 0. The summed E-state index contributed by atoms with van der Waals surface area (Å²) in [4.78, 5) is 28.1. The Hall–Kier alpha value is -1.79. The number of nitrogens with two attached hydrogens (primary N) is 1. The zero-order chi connectivity index (χ0) is 17.4. The minimum atomic E-state index is -0.473. The van der Waals surface area contributed by atoms with Gasteiger partial charge in [0.2, 0.25) is 11.8 Å². The average Bonchev–Trinajstić information content (AvgIpc) is 2.62. The SMILES string of the molecule is CCCC(N)C(=O)NCCC(=O)N1CCN(c2ccccc2)CC1.Cl. The molecule has 1 aromatic rings. The molecule has 0 spiro atoms. The van der Waals surface area contributed by atoms with Crippen LogP contribution in [0.3, 0.4) is 0 Å². The Labute approximate surface area is 156 Å². The number of para-hydroxylation sites is 1. The number of nitrogens with zero attached hydrogens (tertiary/aromatic N) is 2. The quantitative estimate of drug-likeness (QED) is 0.762. The molecule has 1 unspecified atom stereocenters. The minimum Gasteiger partial charge on any atom is -0.368 e. The van der Waals surface area contributed by atoms with E-state index in [1.54, 1.807) is 0 Å². The molecule has 1 aliphatic heterocycles. The predicted molar refractivity (Wildman–Crippen MR) is 103 cm³/mol. The number of benzene rings is 1. The van der Waals surface area contributed by atoms with Crippen LogP contribution in [-0.2, 0) is 9.59 Å². The fourth-order valence-corrected chi connectivity index (χ4v) is 2.88. The molecule has 1 aliphatic rings. The van der Waals surface area contributed by atoms with Crippen LogP contribution in [0.2, 0.25) is 0 Å². The Morgan fingerprint density at radius 3 is 2.40 bits per heavy atom. The molecule has 1 saturated heterocycles. The zero-order valence-corrected chi connectivity index (χ0v) is 15.6. The number of anilines is 1. The fourth-order valence-electron chi connectivity index (χ4n) is 2.88. The standard InChI is InChI=1S/C18H28N4O2.ClH/c1-2-6-16(19)18(24)20-10-9-17(23)22-13-11-21(12-14-22)15-7-4-3-5-8-15;/h3-5,7-8,16H,2,6,9-14,19H2,1H3,(H,20,24);1H. The molecule has 25 heavy (non-hydrogen) atoms. The van der Waals surface area contributed by atoms with Gasteiger partial charge in [0.15, 0.2) is 0 Å². The van der Waals surface area contributed by atoms with Crippen LogP contribution in [0.1, 0.15) is 26.2 Å². The molecule has 6 nitrogen and oxygen atoms in total. The van der Waals surface area contributed by atoms with E-state index in [0.29, 0.717) is 19.4 Å². The second-order valence-corrected chi connectivity index (χ2v) is 6.14. The van der Waals surface area contributed by atoms with Crippen LogP contribution in [-0.4, -0.2) is 55.5 Å². The Balaban J connectivity index is 0.00000312. The van der Waals surface area contributed by atoms with Crippen molar-refractivity contribution in [3.8, 4) is 0 Å². The maximum absolute atomic E-state index is 12.2. The first-order chi connectivity index (χ1) is 11.6. The molecule has 1 heterocycles. The molecule has 2 rings (SSSR count). The number of nitrogens with one attached hydrogen (secondary N) is 1. The molecule has 1 aromatic carbocycles. The van der Waals surface area contributed by atoms with E-state index in [4.69, 9.17) is 5.73 Å². The van der Waals surface area contributed by atoms with Gasteiger partial charge in [-0.05, 0) is 18.6 Å². The van der Waals surface area contributed by atoms with Crippen LogP contribution in [0, 0.1) is 0 Å². The highest BCUT2D eigenvalue weighted by molar-refractivity contribution is 5.85. The first-order valence-corrected chi connectivity index (χ1v) is 8.73. The fraction of sp³-hybridized carbons (Fsp3) is 0.556. The first kappa shape index (κ1) is 21.3. The van der Waals surface area contributed by atoms with Crippen LogP contribution in [0.5, 0.6) is 0 Å². The van der Waals surface area contributed by atoms with Crippen LogP contribution in [0.25, 0.3) is 0 Å². The molecule has 0 aromatic heterocycles. The molecule has 7 heteroatoms. The highest BCUT2D eigenvalue weighted by Crippen LogP contribution is 2.15. The van der Waals surface area contributed by atoms with Gasteiger partial charge in [-0.3, -0.25) is 9.59 Å². The van der Waals surface area contributed by atoms with Gasteiger partial charge in [-0.25, -0.2) is 0 Å². The average molecular weight is 369 g/mol. The van der Waals surface area contributed by atoms with Gasteiger partial charge in [0.05, 0.1) is 6.04 Å². The first-order valence-electron chi connectivity index (χ1n) is 8.73. The van der Waals surface area contributed by atoms with Gasteiger partial charge in [0.25, 0.3) is 0 Å². The molecular weight excluding hydrogens is 340 g/mol. The Bertz CT molecular complexity index is 533. The van der Waals surface area contributed by atoms with E-state index in [-0.39, 0.29) is 24.2 Å². The van der Waals surface area contributed by atoms with Gasteiger partial charge < -0.3 is 20.9 Å². The topological polar surface area (TPSA) is 78.7 Å². The van der Waals surface area contributed by atoms with Gasteiger partial charge in [0, 0.05) is 44.8 Å². The molecule has 3 N–H and O–H groups in total. The smallest absolute Gasteiger partial charge is 0.236 e. The Morgan fingerprint density at radius 1 is 1.16 bits per heavy atom. The van der Waals surface area contributed by atoms with Crippen molar-refractivity contribution in [1.29, 1.82) is 0 Å².